The van der Waals surface area contributed by atoms with Gasteiger partial charge in [-0.25, -0.2) is 0 Å². The SMILES string of the molecule is COc1ccc(OC)c(CN(C(=O)CCN)C2CC2)c1. The van der Waals surface area contributed by atoms with Gasteiger partial charge in [-0.3, -0.25) is 4.79 Å². The van der Waals surface area contributed by atoms with Gasteiger partial charge in [-0.1, -0.05) is 0 Å². The number of carbonyl (C=O) groups excluding carboxylic acids is 1. The van der Waals surface area contributed by atoms with Crippen LogP contribution in [0.25, 0.3) is 0 Å². The molecule has 0 bridgehead atoms. The van der Waals surface area contributed by atoms with E-state index in [2.05, 4.69) is 0 Å². The number of ether oxygens (including phenoxy) is 2. The fraction of sp³-hybridized carbons (Fsp3) is 0.533. The molecule has 1 saturated carbocycles. The lowest BCUT2D eigenvalue weighted by atomic mass is 10.1. The number of hydrogen-bond acceptors (Lipinski definition) is 4. The van der Waals surface area contributed by atoms with E-state index in [1.807, 2.05) is 23.1 Å². The normalized spacial score (nSPS) is 13.9. The second kappa shape index (κ2) is 6.61. The summed E-state index contributed by atoms with van der Waals surface area (Å²) in [5.41, 5.74) is 6.45. The molecule has 1 aliphatic rings. The van der Waals surface area contributed by atoms with Crippen LogP contribution in [0.4, 0.5) is 0 Å². The molecule has 0 saturated heterocycles. The third-order valence-electron chi connectivity index (χ3n) is 3.49. The summed E-state index contributed by atoms with van der Waals surface area (Å²) in [5.74, 6) is 1.65. The molecule has 2 rings (SSSR count). The van der Waals surface area contributed by atoms with E-state index in [0.29, 0.717) is 25.6 Å². The van der Waals surface area contributed by atoms with Gasteiger partial charge in [0.05, 0.1) is 14.2 Å². The largest absolute Gasteiger partial charge is 0.497 e. The quantitative estimate of drug-likeness (QED) is 0.821. The fourth-order valence-corrected chi connectivity index (χ4v) is 2.26. The molecule has 0 atom stereocenters. The van der Waals surface area contributed by atoms with Crippen molar-refractivity contribution in [2.45, 2.75) is 31.8 Å². The van der Waals surface area contributed by atoms with Crippen molar-refractivity contribution in [1.82, 2.24) is 4.90 Å². The van der Waals surface area contributed by atoms with Gasteiger partial charge in [0.2, 0.25) is 5.91 Å². The third kappa shape index (κ3) is 3.42. The average molecular weight is 278 g/mol. The van der Waals surface area contributed by atoms with Crippen molar-refractivity contribution in [2.75, 3.05) is 20.8 Å². The Morgan fingerprint density at radius 2 is 2.10 bits per heavy atom. The minimum absolute atomic E-state index is 0.111. The van der Waals surface area contributed by atoms with Crippen LogP contribution in [0.2, 0.25) is 0 Å². The van der Waals surface area contributed by atoms with Crippen LogP contribution in [0.5, 0.6) is 11.5 Å². The lowest BCUT2D eigenvalue weighted by Gasteiger charge is -2.23. The molecule has 1 aliphatic carbocycles. The van der Waals surface area contributed by atoms with Crippen molar-refractivity contribution < 1.29 is 14.3 Å². The molecule has 0 aromatic heterocycles. The third-order valence-corrected chi connectivity index (χ3v) is 3.49. The summed E-state index contributed by atoms with van der Waals surface area (Å²) < 4.78 is 10.6. The number of nitrogens with zero attached hydrogens (tertiary/aromatic N) is 1. The maximum absolute atomic E-state index is 12.2. The highest BCUT2D eigenvalue weighted by Crippen LogP contribution is 2.32. The molecular formula is C15H22N2O3. The molecule has 1 fully saturated rings. The van der Waals surface area contributed by atoms with Crippen LogP contribution in [-0.2, 0) is 11.3 Å². The van der Waals surface area contributed by atoms with Gasteiger partial charge >= 0.3 is 0 Å². The topological polar surface area (TPSA) is 64.8 Å². The molecule has 0 radical (unpaired) electrons. The standard InChI is InChI=1S/C15H22N2O3/c1-19-13-5-6-14(20-2)11(9-13)10-17(12-3-4-12)15(18)7-8-16/h5-6,9,12H,3-4,7-8,10,16H2,1-2H3. The van der Waals surface area contributed by atoms with Gasteiger partial charge < -0.3 is 20.1 Å². The summed E-state index contributed by atoms with van der Waals surface area (Å²) in [6.07, 6.45) is 2.54. The highest BCUT2D eigenvalue weighted by molar-refractivity contribution is 5.77. The van der Waals surface area contributed by atoms with E-state index in [-0.39, 0.29) is 5.91 Å². The molecule has 1 aromatic carbocycles. The number of amides is 1. The summed E-state index contributed by atoms with van der Waals surface area (Å²) in [5, 5.41) is 0. The Kier molecular flexibility index (Phi) is 4.84. The van der Waals surface area contributed by atoms with Crippen LogP contribution in [0.1, 0.15) is 24.8 Å². The average Bonchev–Trinajstić information content (AvgIpc) is 3.29. The van der Waals surface area contributed by atoms with Gasteiger partial charge in [0.25, 0.3) is 0 Å². The van der Waals surface area contributed by atoms with E-state index in [0.717, 1.165) is 29.9 Å². The van der Waals surface area contributed by atoms with Crippen LogP contribution in [0.3, 0.4) is 0 Å². The van der Waals surface area contributed by atoms with E-state index in [1.54, 1.807) is 14.2 Å². The van der Waals surface area contributed by atoms with Crippen molar-refractivity contribution in [2.24, 2.45) is 5.73 Å². The molecule has 0 spiro atoms. The Labute approximate surface area is 119 Å². The van der Waals surface area contributed by atoms with Crippen LogP contribution in [-0.4, -0.2) is 37.6 Å². The molecule has 0 unspecified atom stereocenters. The fourth-order valence-electron chi connectivity index (χ4n) is 2.26. The number of rotatable bonds is 7. The predicted molar refractivity (Wildman–Crippen MR) is 76.8 cm³/mol. The number of methoxy groups -OCH3 is 2. The molecule has 1 aromatic rings. The molecular weight excluding hydrogens is 256 g/mol. The van der Waals surface area contributed by atoms with Crippen molar-refractivity contribution in [3.05, 3.63) is 23.8 Å². The summed E-state index contributed by atoms with van der Waals surface area (Å²) >= 11 is 0. The minimum atomic E-state index is 0.111. The minimum Gasteiger partial charge on any atom is -0.497 e. The Hall–Kier alpha value is -1.75. The zero-order valence-electron chi connectivity index (χ0n) is 12.1. The van der Waals surface area contributed by atoms with Crippen molar-refractivity contribution in [1.29, 1.82) is 0 Å². The Morgan fingerprint density at radius 3 is 2.65 bits per heavy atom. The predicted octanol–water partition coefficient (Wildman–Crippen LogP) is 1.54. The lowest BCUT2D eigenvalue weighted by molar-refractivity contribution is -0.132. The van der Waals surface area contributed by atoms with Gasteiger partial charge in [0.1, 0.15) is 11.5 Å². The van der Waals surface area contributed by atoms with Crippen molar-refractivity contribution in [3.63, 3.8) is 0 Å². The van der Waals surface area contributed by atoms with E-state index >= 15 is 0 Å². The maximum atomic E-state index is 12.2. The molecule has 1 amide bonds. The zero-order valence-corrected chi connectivity index (χ0v) is 12.1. The van der Waals surface area contributed by atoms with Crippen molar-refractivity contribution in [3.8, 4) is 11.5 Å². The van der Waals surface area contributed by atoms with Gasteiger partial charge in [-0.05, 0) is 31.0 Å². The molecule has 5 nitrogen and oxygen atoms in total. The van der Waals surface area contributed by atoms with Gasteiger partial charge in [0, 0.05) is 31.1 Å². The van der Waals surface area contributed by atoms with Crippen molar-refractivity contribution >= 4 is 5.91 Å². The Balaban J connectivity index is 2.18. The second-order valence-corrected chi connectivity index (χ2v) is 4.97. The molecule has 110 valence electrons. The lowest BCUT2D eigenvalue weighted by Crippen LogP contribution is -2.33. The zero-order chi connectivity index (χ0) is 14.5. The summed E-state index contributed by atoms with van der Waals surface area (Å²) in [6.45, 7) is 0.932. The van der Waals surface area contributed by atoms with E-state index in [4.69, 9.17) is 15.2 Å². The first-order chi connectivity index (χ1) is 9.69. The number of hydrogen-bond donors (Lipinski definition) is 1. The Bertz CT molecular complexity index is 472. The molecule has 5 heteroatoms. The van der Waals surface area contributed by atoms with Gasteiger partial charge in [-0.15, -0.1) is 0 Å². The highest BCUT2D eigenvalue weighted by Gasteiger charge is 2.32. The van der Waals surface area contributed by atoms with Gasteiger partial charge in [-0.2, -0.15) is 0 Å². The maximum Gasteiger partial charge on any atom is 0.224 e. The summed E-state index contributed by atoms with van der Waals surface area (Å²) in [6, 6.07) is 5.99. The summed E-state index contributed by atoms with van der Waals surface area (Å²) in [7, 11) is 3.26. The van der Waals surface area contributed by atoms with E-state index in [9.17, 15) is 4.79 Å². The number of nitrogens with two attached hydrogens (primary N) is 1. The first kappa shape index (κ1) is 14.7. The number of benzene rings is 1. The van der Waals surface area contributed by atoms with E-state index in [1.165, 1.54) is 0 Å². The first-order valence-corrected chi connectivity index (χ1v) is 6.90. The molecule has 0 aliphatic heterocycles. The van der Waals surface area contributed by atoms with Crippen LogP contribution in [0, 0.1) is 0 Å². The van der Waals surface area contributed by atoms with E-state index < -0.39 is 0 Å². The second-order valence-electron chi connectivity index (χ2n) is 4.97. The highest BCUT2D eigenvalue weighted by atomic mass is 16.5. The van der Waals surface area contributed by atoms with Crippen LogP contribution in [0.15, 0.2) is 18.2 Å². The molecule has 2 N–H and O–H groups in total. The monoisotopic (exact) mass is 278 g/mol. The van der Waals surface area contributed by atoms with Crippen LogP contribution < -0.4 is 15.2 Å². The number of carbonyl (C=O) groups is 1. The molecule has 20 heavy (non-hydrogen) atoms. The first-order valence-electron chi connectivity index (χ1n) is 6.90. The van der Waals surface area contributed by atoms with Gasteiger partial charge in [0.15, 0.2) is 0 Å². The molecule has 0 heterocycles. The summed E-state index contributed by atoms with van der Waals surface area (Å²) in [4.78, 5) is 14.1. The van der Waals surface area contributed by atoms with Crippen LogP contribution >= 0.6 is 0 Å². The smallest absolute Gasteiger partial charge is 0.224 e. The Morgan fingerprint density at radius 1 is 1.35 bits per heavy atom.